The first-order chi connectivity index (χ1) is 19.8. The Bertz CT molecular complexity index is 1410. The zero-order chi connectivity index (χ0) is 29.0. The molecule has 2 aromatic rings. The van der Waals surface area contributed by atoms with Crippen molar-refractivity contribution in [1.82, 2.24) is 35.4 Å². The molecule has 2 aliphatic heterocycles. The van der Waals surface area contributed by atoms with Gasteiger partial charge in [-0.05, 0) is 29.3 Å². The molecule has 0 radical (unpaired) electrons. The molecule has 2 fully saturated rings. The molecule has 0 spiro atoms. The highest BCUT2D eigenvalue weighted by Crippen LogP contribution is 2.44. The molecule has 2 aromatic heterocycles. The third kappa shape index (κ3) is 5.98. The molecule has 15 nitrogen and oxygen atoms in total. The number of oxime groups is 1. The quantitative estimate of drug-likeness (QED) is 0.0706. The third-order valence-electron chi connectivity index (χ3n) is 6.56. The second-order valence-corrected chi connectivity index (χ2v) is 12.2. The van der Waals surface area contributed by atoms with Crippen molar-refractivity contribution in [2.24, 2.45) is 10.6 Å². The maximum absolute atomic E-state index is 13.3. The number of allylic oxidation sites excluding steroid dienone is 2. The van der Waals surface area contributed by atoms with Gasteiger partial charge in [0.15, 0.2) is 10.8 Å². The standard InChI is InChI=1S/C23H25N9O6S3/c1-2-7-32-22(27-29-30-32)41-11-23(20(36)37)9-31-18(35)16(19(31)40-10-23)26-17(34)15(28-38-13-5-3-4-6-13)14-8-39-21(25-14)24-12-33/h2-3,5,8,12-13,16,19H,1,4,6-7,9-11H2,(H,26,34)(H,36,37)(H,24,25,33)/t13?,16?,19-,23?/m1/s1. The van der Waals surface area contributed by atoms with Crippen LogP contribution in [0, 0.1) is 5.41 Å². The van der Waals surface area contributed by atoms with Gasteiger partial charge >= 0.3 is 5.97 Å². The van der Waals surface area contributed by atoms with Crippen molar-refractivity contribution in [1.29, 1.82) is 0 Å². The molecule has 2 saturated heterocycles. The van der Waals surface area contributed by atoms with Gasteiger partial charge in [-0.1, -0.05) is 29.1 Å². The molecule has 0 bridgehead atoms. The molecule has 5 rings (SSSR count). The van der Waals surface area contributed by atoms with Gasteiger partial charge in [0.1, 0.15) is 28.6 Å². The molecule has 4 heterocycles. The Labute approximate surface area is 245 Å². The normalized spacial score (nSPS) is 25.3. The smallest absolute Gasteiger partial charge is 0.313 e. The molecule has 3 aliphatic rings. The van der Waals surface area contributed by atoms with Crippen molar-refractivity contribution in [2.45, 2.75) is 42.1 Å². The Morgan fingerprint density at radius 1 is 1.41 bits per heavy atom. The van der Waals surface area contributed by atoms with Gasteiger partial charge < -0.3 is 25.5 Å². The van der Waals surface area contributed by atoms with Gasteiger partial charge in [-0.3, -0.25) is 19.2 Å². The van der Waals surface area contributed by atoms with E-state index in [1.54, 1.807) is 11.5 Å². The Balaban J connectivity index is 1.26. The fourth-order valence-electron chi connectivity index (χ4n) is 4.37. The van der Waals surface area contributed by atoms with Gasteiger partial charge in [-0.2, -0.15) is 0 Å². The lowest BCUT2D eigenvalue weighted by Gasteiger charge is -2.53. The van der Waals surface area contributed by atoms with E-state index in [-0.39, 0.29) is 40.7 Å². The number of hydrogen-bond acceptors (Lipinski definition) is 13. The van der Waals surface area contributed by atoms with E-state index in [0.29, 0.717) is 18.1 Å². The number of carbonyl (C=O) groups is 4. The topological polar surface area (TPSA) is 194 Å². The molecular weight excluding hydrogens is 595 g/mol. The molecule has 3 unspecified atom stereocenters. The predicted molar refractivity (Wildman–Crippen MR) is 150 cm³/mol. The Kier molecular flexibility index (Phi) is 8.69. The van der Waals surface area contributed by atoms with Gasteiger partial charge in [-0.25, -0.2) is 9.67 Å². The second kappa shape index (κ2) is 12.4. The summed E-state index contributed by atoms with van der Waals surface area (Å²) in [6.07, 6.45) is 7.16. The van der Waals surface area contributed by atoms with E-state index in [2.05, 4.69) is 42.9 Å². The van der Waals surface area contributed by atoms with E-state index in [9.17, 15) is 24.3 Å². The fraction of sp³-hybridized carbons (Fsp3) is 0.435. The highest BCUT2D eigenvalue weighted by Gasteiger charge is 2.57. The van der Waals surface area contributed by atoms with Crippen molar-refractivity contribution in [3.63, 3.8) is 0 Å². The van der Waals surface area contributed by atoms with Crippen LogP contribution in [0.15, 0.2) is 40.5 Å². The highest BCUT2D eigenvalue weighted by molar-refractivity contribution is 8.00. The lowest BCUT2D eigenvalue weighted by Crippen LogP contribution is -2.74. The number of aliphatic carboxylic acids is 1. The summed E-state index contributed by atoms with van der Waals surface area (Å²) in [6, 6.07) is -0.880. The average molecular weight is 620 g/mol. The van der Waals surface area contributed by atoms with Crippen molar-refractivity contribution in [3.8, 4) is 0 Å². The number of tetrazole rings is 1. The first-order valence-corrected chi connectivity index (χ1v) is 15.3. The molecule has 1 aliphatic carbocycles. The number of amides is 3. The van der Waals surface area contributed by atoms with E-state index >= 15 is 0 Å². The molecule has 0 aromatic carbocycles. The zero-order valence-corrected chi connectivity index (χ0v) is 23.9. The highest BCUT2D eigenvalue weighted by atomic mass is 32.2. The van der Waals surface area contributed by atoms with Crippen LogP contribution in [-0.4, -0.2) is 101 Å². The lowest BCUT2D eigenvalue weighted by molar-refractivity contribution is -0.157. The zero-order valence-electron chi connectivity index (χ0n) is 21.4. The average Bonchev–Trinajstić information content (AvgIpc) is 3.74. The number of carboxylic acids is 1. The number of rotatable bonds is 13. The van der Waals surface area contributed by atoms with Crippen LogP contribution in [0.25, 0.3) is 0 Å². The largest absolute Gasteiger partial charge is 0.481 e. The van der Waals surface area contributed by atoms with Crippen LogP contribution in [0.5, 0.6) is 0 Å². The number of β-lactam (4-membered cyclic amide) rings is 1. The number of nitrogens with one attached hydrogen (secondary N) is 2. The van der Waals surface area contributed by atoms with Gasteiger partial charge in [-0.15, -0.1) is 34.8 Å². The van der Waals surface area contributed by atoms with E-state index in [1.165, 1.54) is 33.1 Å². The fourth-order valence-corrected chi connectivity index (χ4v) is 7.77. The minimum absolute atomic E-state index is 0.0217. The van der Waals surface area contributed by atoms with Gasteiger partial charge in [0.05, 0.1) is 6.54 Å². The summed E-state index contributed by atoms with van der Waals surface area (Å²) in [5.41, 5.74) is -1.19. The summed E-state index contributed by atoms with van der Waals surface area (Å²) in [4.78, 5) is 60.9. The second-order valence-electron chi connectivity index (χ2n) is 9.31. The molecule has 3 N–H and O–H groups in total. The third-order valence-corrected chi connectivity index (χ3v) is 10.2. The lowest BCUT2D eigenvalue weighted by atomic mass is 9.89. The van der Waals surface area contributed by atoms with E-state index in [1.807, 2.05) is 12.2 Å². The van der Waals surface area contributed by atoms with Crippen LogP contribution in [0.1, 0.15) is 18.5 Å². The number of hydrogen-bond donors (Lipinski definition) is 3. The summed E-state index contributed by atoms with van der Waals surface area (Å²) in [5, 5.41) is 32.6. The number of carboxylic acid groups (broad SMARTS) is 1. The molecule has 18 heteroatoms. The predicted octanol–water partition coefficient (Wildman–Crippen LogP) is 0.586. The van der Waals surface area contributed by atoms with Crippen LogP contribution < -0.4 is 10.6 Å². The van der Waals surface area contributed by atoms with Crippen LogP contribution in [0.4, 0.5) is 5.13 Å². The van der Waals surface area contributed by atoms with E-state index < -0.39 is 34.6 Å². The maximum atomic E-state index is 13.3. The number of anilines is 1. The summed E-state index contributed by atoms with van der Waals surface area (Å²) in [7, 11) is 0. The number of nitrogens with zero attached hydrogens (tertiary/aromatic N) is 7. The van der Waals surface area contributed by atoms with Gasteiger partial charge in [0, 0.05) is 23.4 Å². The summed E-state index contributed by atoms with van der Waals surface area (Å²) >= 11 is 3.59. The minimum Gasteiger partial charge on any atom is -0.481 e. The number of carbonyl (C=O) groups excluding carboxylic acids is 3. The maximum Gasteiger partial charge on any atom is 0.313 e. The SMILES string of the molecule is C=CCn1nnnc1SCC1(C(=O)O)CS[C@@H]2C(NC(=O)C(=NOC3C=CCC3)c3csc(NC=O)n3)C(=O)N2C1. The van der Waals surface area contributed by atoms with Crippen molar-refractivity contribution < 1.29 is 29.1 Å². The van der Waals surface area contributed by atoms with E-state index in [4.69, 9.17) is 4.84 Å². The van der Waals surface area contributed by atoms with Crippen LogP contribution in [0.3, 0.4) is 0 Å². The first kappa shape index (κ1) is 28.7. The molecule has 3 amide bonds. The van der Waals surface area contributed by atoms with Crippen LogP contribution in [-0.2, 0) is 30.6 Å². The molecular formula is C23H25N9O6S3. The Hall–Kier alpha value is -3.77. The monoisotopic (exact) mass is 619 g/mol. The van der Waals surface area contributed by atoms with Gasteiger partial charge in [0.25, 0.3) is 5.91 Å². The summed E-state index contributed by atoms with van der Waals surface area (Å²) in [5.74, 6) is -1.75. The number of thiazole rings is 1. The Morgan fingerprint density at radius 2 is 2.27 bits per heavy atom. The summed E-state index contributed by atoms with van der Waals surface area (Å²) < 4.78 is 1.51. The van der Waals surface area contributed by atoms with Crippen molar-refractivity contribution in [3.05, 3.63) is 35.9 Å². The van der Waals surface area contributed by atoms with Crippen molar-refractivity contribution in [2.75, 3.05) is 23.4 Å². The molecule has 0 saturated carbocycles. The number of thioether (sulfide) groups is 2. The minimum atomic E-state index is -1.24. The molecule has 4 atom stereocenters. The van der Waals surface area contributed by atoms with Gasteiger partial charge in [0.2, 0.25) is 17.5 Å². The summed E-state index contributed by atoms with van der Waals surface area (Å²) in [6.45, 7) is 4.02. The number of aromatic nitrogens is 5. The molecule has 216 valence electrons. The number of fused-ring (bicyclic) bond motifs is 1. The van der Waals surface area contributed by atoms with Crippen LogP contribution >= 0.6 is 34.9 Å². The van der Waals surface area contributed by atoms with E-state index in [0.717, 1.165) is 24.2 Å². The van der Waals surface area contributed by atoms with Crippen LogP contribution in [0.2, 0.25) is 0 Å². The van der Waals surface area contributed by atoms with Crippen molar-refractivity contribution >= 4 is 69.9 Å². The molecule has 41 heavy (non-hydrogen) atoms. The first-order valence-electron chi connectivity index (χ1n) is 12.4. The Morgan fingerprint density at radius 3 is 3.00 bits per heavy atom.